The molecular weight excluding hydrogens is 773 g/mol. The number of nitrogens with zero attached hydrogens (tertiary/aromatic N) is 2. The van der Waals surface area contributed by atoms with Crippen LogP contribution in [-0.4, -0.2) is 9.13 Å². The first-order valence-electron chi connectivity index (χ1n) is 22.1. The average molecular weight is 813 g/mol. The lowest BCUT2D eigenvalue weighted by atomic mass is 9.91. The van der Waals surface area contributed by atoms with Crippen LogP contribution >= 0.6 is 0 Å². The summed E-state index contributed by atoms with van der Waals surface area (Å²) in [7, 11) is 0. The van der Waals surface area contributed by atoms with E-state index in [0.717, 1.165) is 0 Å². The highest BCUT2D eigenvalue weighted by atomic mass is 15.0. The molecule has 2 heterocycles. The normalized spacial score (nSPS) is 11.8. The maximum absolute atomic E-state index is 2.37. The highest BCUT2D eigenvalue weighted by Crippen LogP contribution is 2.39. The predicted octanol–water partition coefficient (Wildman–Crippen LogP) is 16.9. The van der Waals surface area contributed by atoms with Crippen LogP contribution in [0.25, 0.3) is 121 Å². The van der Waals surface area contributed by atoms with Crippen molar-refractivity contribution in [3.63, 3.8) is 0 Å². The summed E-state index contributed by atoms with van der Waals surface area (Å²) in [5, 5.41) is 10.1. The molecule has 0 spiro atoms. The molecule has 0 atom stereocenters. The van der Waals surface area contributed by atoms with Gasteiger partial charge in [-0.3, -0.25) is 0 Å². The minimum atomic E-state index is 1.17. The molecule has 0 aliphatic heterocycles. The lowest BCUT2D eigenvalue weighted by Crippen LogP contribution is -1.93. The average Bonchev–Trinajstić information content (AvgIpc) is 3.89. The second kappa shape index (κ2) is 14.6. The van der Waals surface area contributed by atoms with Gasteiger partial charge in [-0.15, -0.1) is 0 Å². The third-order valence-electron chi connectivity index (χ3n) is 13.3. The molecule has 0 fully saturated rings. The van der Waals surface area contributed by atoms with Crippen LogP contribution in [0.5, 0.6) is 0 Å². The molecule has 13 rings (SSSR count). The van der Waals surface area contributed by atoms with Gasteiger partial charge in [-0.05, 0) is 127 Å². The molecule has 0 aliphatic carbocycles. The first kappa shape index (κ1) is 36.2. The van der Waals surface area contributed by atoms with Crippen molar-refractivity contribution < 1.29 is 0 Å². The van der Waals surface area contributed by atoms with Crippen molar-refractivity contribution in [1.82, 2.24) is 9.13 Å². The molecule has 2 nitrogen and oxygen atoms in total. The van der Waals surface area contributed by atoms with Crippen molar-refractivity contribution in [3.05, 3.63) is 243 Å². The molecule has 0 saturated carbocycles. The van der Waals surface area contributed by atoms with Crippen LogP contribution in [0.3, 0.4) is 0 Å². The van der Waals surface area contributed by atoms with Crippen LogP contribution < -0.4 is 0 Å². The quantitative estimate of drug-likeness (QED) is 0.148. The first-order valence-corrected chi connectivity index (χ1v) is 22.1. The van der Waals surface area contributed by atoms with Crippen LogP contribution in [0.4, 0.5) is 0 Å². The van der Waals surface area contributed by atoms with E-state index in [-0.39, 0.29) is 0 Å². The summed E-state index contributed by atoms with van der Waals surface area (Å²) in [4.78, 5) is 0. The van der Waals surface area contributed by atoms with Gasteiger partial charge in [0.15, 0.2) is 0 Å². The summed E-state index contributed by atoms with van der Waals surface area (Å²) >= 11 is 0. The van der Waals surface area contributed by atoms with Gasteiger partial charge in [0.05, 0.1) is 22.1 Å². The lowest BCUT2D eigenvalue weighted by molar-refractivity contribution is 1.18. The van der Waals surface area contributed by atoms with Crippen LogP contribution in [0.1, 0.15) is 0 Å². The van der Waals surface area contributed by atoms with Crippen molar-refractivity contribution in [2.75, 3.05) is 0 Å². The Hall–Kier alpha value is -8.46. The van der Waals surface area contributed by atoms with Crippen molar-refractivity contribution in [3.8, 4) is 55.9 Å². The summed E-state index contributed by atoms with van der Waals surface area (Å²) in [6, 6.07) is 88.9. The molecule has 2 aromatic heterocycles. The number of aromatic nitrogens is 2. The van der Waals surface area contributed by atoms with Crippen LogP contribution in [-0.2, 0) is 0 Å². The molecule has 0 amide bonds. The molecule has 0 saturated heterocycles. The maximum atomic E-state index is 2.37. The topological polar surface area (TPSA) is 9.86 Å². The smallest absolute Gasteiger partial charge is 0.0541 e. The fourth-order valence-electron chi connectivity index (χ4n) is 10.2. The van der Waals surface area contributed by atoms with Gasteiger partial charge in [0.2, 0.25) is 0 Å². The first-order chi connectivity index (χ1) is 31.7. The maximum Gasteiger partial charge on any atom is 0.0541 e. The number of rotatable bonds is 6. The molecule has 13 aromatic rings. The van der Waals surface area contributed by atoms with Crippen molar-refractivity contribution in [1.29, 1.82) is 0 Å². The summed E-state index contributed by atoms with van der Waals surface area (Å²) in [6.07, 6.45) is 0. The lowest BCUT2D eigenvalue weighted by Gasteiger charge is -2.13. The fraction of sp³-hybridized carbons (Fsp3) is 0. The highest BCUT2D eigenvalue weighted by molar-refractivity contribution is 6.11. The van der Waals surface area contributed by atoms with Crippen molar-refractivity contribution in [2.24, 2.45) is 0 Å². The van der Waals surface area contributed by atoms with Gasteiger partial charge in [0.25, 0.3) is 0 Å². The Balaban J connectivity index is 0.780. The molecule has 298 valence electrons. The van der Waals surface area contributed by atoms with Gasteiger partial charge >= 0.3 is 0 Å². The molecule has 0 radical (unpaired) electrons. The molecule has 64 heavy (non-hydrogen) atoms. The Labute approximate surface area is 371 Å². The Morgan fingerprint density at radius 3 is 0.812 bits per heavy atom. The number of fused-ring (bicyclic) bond motifs is 8. The molecule has 0 aliphatic rings. The Bertz CT molecular complexity index is 3540. The molecule has 2 heteroatoms. The summed E-state index contributed by atoms with van der Waals surface area (Å²) in [6.45, 7) is 0. The summed E-state index contributed by atoms with van der Waals surface area (Å²) in [5.41, 5.74) is 17.0. The van der Waals surface area contributed by atoms with Gasteiger partial charge in [-0.1, -0.05) is 182 Å². The minimum Gasteiger partial charge on any atom is -0.309 e. The van der Waals surface area contributed by atoms with E-state index in [4.69, 9.17) is 0 Å². The zero-order chi connectivity index (χ0) is 42.1. The van der Waals surface area contributed by atoms with Crippen LogP contribution in [0.2, 0.25) is 0 Å². The van der Waals surface area contributed by atoms with Gasteiger partial charge in [0.1, 0.15) is 0 Å². The van der Waals surface area contributed by atoms with Gasteiger partial charge in [-0.25, -0.2) is 0 Å². The summed E-state index contributed by atoms with van der Waals surface area (Å²) < 4.78 is 4.74. The molecule has 0 unspecified atom stereocenters. The second-order valence-corrected chi connectivity index (χ2v) is 16.9. The third-order valence-corrected chi connectivity index (χ3v) is 13.3. The largest absolute Gasteiger partial charge is 0.309 e. The monoisotopic (exact) mass is 812 g/mol. The van der Waals surface area contributed by atoms with E-state index >= 15 is 0 Å². The number of para-hydroxylation sites is 4. The van der Waals surface area contributed by atoms with E-state index in [9.17, 15) is 0 Å². The fourth-order valence-corrected chi connectivity index (χ4v) is 10.2. The minimum absolute atomic E-state index is 1.17. The highest BCUT2D eigenvalue weighted by Gasteiger charge is 2.15. The Morgan fingerprint density at radius 2 is 0.484 bits per heavy atom. The van der Waals surface area contributed by atoms with Crippen LogP contribution in [0.15, 0.2) is 243 Å². The number of hydrogen-bond acceptors (Lipinski definition) is 0. The third kappa shape index (κ3) is 5.81. The Morgan fingerprint density at radius 1 is 0.203 bits per heavy atom. The van der Waals surface area contributed by atoms with Crippen molar-refractivity contribution in [2.45, 2.75) is 0 Å². The van der Waals surface area contributed by atoms with Gasteiger partial charge in [0, 0.05) is 32.9 Å². The van der Waals surface area contributed by atoms with E-state index in [1.54, 1.807) is 0 Å². The van der Waals surface area contributed by atoms with E-state index in [2.05, 4.69) is 252 Å². The molecule has 0 N–H and O–H groups in total. The summed E-state index contributed by atoms with van der Waals surface area (Å²) in [5.74, 6) is 0. The van der Waals surface area contributed by atoms with Gasteiger partial charge < -0.3 is 9.13 Å². The van der Waals surface area contributed by atoms with E-state index < -0.39 is 0 Å². The molecular formula is C62H40N2. The number of benzene rings is 11. The van der Waals surface area contributed by atoms with E-state index in [1.807, 2.05) is 0 Å². The van der Waals surface area contributed by atoms with Gasteiger partial charge in [-0.2, -0.15) is 0 Å². The van der Waals surface area contributed by atoms with Crippen molar-refractivity contribution >= 4 is 65.2 Å². The molecule has 0 bridgehead atoms. The standard InChI is InChI=1S/C62H40N2/c1-5-19-59-53(13-1)54-14-2-6-20-60(54)63(59)49-35-31-43(32-36-49)41-23-27-45(28-24-41)51-17-9-11-47-40-58-48(39-57(47)51)12-10-18-52(58)46-29-25-42(26-30-46)44-33-37-50(38-34-44)64-61-21-7-3-15-55(61)56-16-4-8-22-62(56)64/h1-40H. The SMILES string of the molecule is c1cc(-c2ccc(-c3ccc(-n4c5ccccc5c5ccccc54)cc3)cc2)c2cc3cccc(-c4ccc(-c5ccc(-n6c7ccccc7c7ccccc76)cc5)cc4)c3cc2c1. The van der Waals surface area contributed by atoms with E-state index in [1.165, 1.54) is 121 Å². The van der Waals surface area contributed by atoms with E-state index in [0.29, 0.717) is 0 Å². The zero-order valence-electron chi connectivity index (χ0n) is 35.0. The van der Waals surface area contributed by atoms with Crippen LogP contribution in [0, 0.1) is 0 Å². The molecule has 11 aromatic carbocycles. The number of hydrogen-bond donors (Lipinski definition) is 0. The second-order valence-electron chi connectivity index (χ2n) is 16.9. The predicted molar refractivity (Wildman–Crippen MR) is 272 cm³/mol. The Kier molecular flexibility index (Phi) is 8.25. The zero-order valence-corrected chi connectivity index (χ0v) is 35.0.